The van der Waals surface area contributed by atoms with Crippen LogP contribution < -0.4 is 9.47 Å². The number of aryl methyl sites for hydroxylation is 2. The van der Waals surface area contributed by atoms with Crippen molar-refractivity contribution in [1.82, 2.24) is 0 Å². The molecule has 0 aliphatic heterocycles. The Labute approximate surface area is 347 Å². The maximum Gasteiger partial charge on any atom is 0.314 e. The summed E-state index contributed by atoms with van der Waals surface area (Å²) in [7, 11) is 0. The molecule has 4 heteroatoms. The molecule has 4 nitrogen and oxygen atoms in total. The molecule has 6 aromatic carbocycles. The van der Waals surface area contributed by atoms with Crippen LogP contribution in [0.4, 0.5) is 0 Å². The van der Waals surface area contributed by atoms with Crippen LogP contribution in [-0.2, 0) is 22.4 Å². The lowest BCUT2D eigenvalue weighted by molar-refractivity contribution is -0.140. The van der Waals surface area contributed by atoms with Gasteiger partial charge in [-0.3, -0.25) is 9.59 Å². The number of esters is 2. The molecular formula is C54H66O4. The Balaban J connectivity index is 1.70. The van der Waals surface area contributed by atoms with Crippen molar-refractivity contribution in [1.29, 1.82) is 0 Å². The van der Waals surface area contributed by atoms with E-state index in [1.807, 2.05) is 0 Å². The molecule has 2 unspecified atom stereocenters. The summed E-state index contributed by atoms with van der Waals surface area (Å²) in [6.07, 6.45) is 16.1. The molecule has 6 aromatic rings. The van der Waals surface area contributed by atoms with Crippen LogP contribution in [0.2, 0.25) is 0 Å². The zero-order chi connectivity index (χ0) is 41.0. The second-order valence-electron chi connectivity index (χ2n) is 16.5. The van der Waals surface area contributed by atoms with Crippen LogP contribution in [0, 0.1) is 11.8 Å². The standard InChI is InChI=1S/C54H66O4/c1-7-13-17-23-37-31-33-45-47(35-37)49(41-27-19-21-29-43(41)51(45)57-53(55)39(11-5)25-15-9-3)50-42-28-20-22-30-44(42)52(58-54(56)40(12-6)26-16-10-4)46-34-32-38(36-48(46)50)24-18-14-8-2/h19-22,27-36,39-40H,7-18,23-26H2,1-6H3. The maximum absolute atomic E-state index is 14.0. The minimum Gasteiger partial charge on any atom is -0.425 e. The molecule has 0 N–H and O–H groups in total. The predicted molar refractivity (Wildman–Crippen MR) is 246 cm³/mol. The largest absolute Gasteiger partial charge is 0.425 e. The molecule has 0 bridgehead atoms. The minimum absolute atomic E-state index is 0.148. The van der Waals surface area contributed by atoms with Gasteiger partial charge in [0.05, 0.1) is 11.8 Å². The zero-order valence-electron chi connectivity index (χ0n) is 36.2. The number of benzene rings is 6. The summed E-state index contributed by atoms with van der Waals surface area (Å²) >= 11 is 0. The van der Waals surface area contributed by atoms with Crippen molar-refractivity contribution >= 4 is 55.0 Å². The third-order valence-electron chi connectivity index (χ3n) is 12.3. The van der Waals surface area contributed by atoms with Gasteiger partial charge in [-0.2, -0.15) is 0 Å². The van der Waals surface area contributed by atoms with E-state index in [2.05, 4.69) is 126 Å². The Hall–Kier alpha value is -4.70. The number of fused-ring (bicyclic) bond motifs is 4. The number of hydrogen-bond acceptors (Lipinski definition) is 4. The molecule has 0 saturated carbocycles. The van der Waals surface area contributed by atoms with Crippen LogP contribution in [0.25, 0.3) is 54.2 Å². The van der Waals surface area contributed by atoms with Crippen molar-refractivity contribution in [3.05, 3.63) is 96.1 Å². The molecule has 0 aliphatic carbocycles. The lowest BCUT2D eigenvalue weighted by Gasteiger charge is -2.23. The van der Waals surface area contributed by atoms with Crippen LogP contribution in [0.3, 0.4) is 0 Å². The first-order valence-corrected chi connectivity index (χ1v) is 22.8. The fraction of sp³-hybridized carbons (Fsp3) is 0.444. The molecule has 58 heavy (non-hydrogen) atoms. The van der Waals surface area contributed by atoms with E-state index in [1.54, 1.807) is 0 Å². The molecule has 0 heterocycles. The second-order valence-corrected chi connectivity index (χ2v) is 16.5. The van der Waals surface area contributed by atoms with Gasteiger partial charge in [0.2, 0.25) is 0 Å². The lowest BCUT2D eigenvalue weighted by atomic mass is 9.84. The molecule has 0 radical (unpaired) electrons. The van der Waals surface area contributed by atoms with E-state index in [1.165, 1.54) is 24.0 Å². The molecule has 0 spiro atoms. The van der Waals surface area contributed by atoms with Crippen LogP contribution in [-0.4, -0.2) is 11.9 Å². The molecule has 0 amide bonds. The minimum atomic E-state index is -0.148. The van der Waals surface area contributed by atoms with Gasteiger partial charge in [0.1, 0.15) is 11.5 Å². The van der Waals surface area contributed by atoms with Gasteiger partial charge in [0.25, 0.3) is 0 Å². The fourth-order valence-corrected chi connectivity index (χ4v) is 8.85. The number of ether oxygens (including phenoxy) is 2. The number of rotatable bonds is 21. The smallest absolute Gasteiger partial charge is 0.314 e. The molecular weight excluding hydrogens is 713 g/mol. The highest BCUT2D eigenvalue weighted by molar-refractivity contribution is 6.27. The third kappa shape index (κ3) is 9.43. The average molecular weight is 779 g/mol. The number of carbonyl (C=O) groups is 2. The van der Waals surface area contributed by atoms with Crippen LogP contribution in [0.1, 0.15) is 143 Å². The Kier molecular flexibility index (Phi) is 15.4. The Morgan fingerprint density at radius 3 is 1.16 bits per heavy atom. The molecule has 6 rings (SSSR count). The first-order valence-electron chi connectivity index (χ1n) is 22.8. The monoisotopic (exact) mass is 778 g/mol. The average Bonchev–Trinajstić information content (AvgIpc) is 3.24. The second kappa shape index (κ2) is 20.8. The highest BCUT2D eigenvalue weighted by Gasteiger charge is 2.27. The molecule has 0 aliphatic rings. The van der Waals surface area contributed by atoms with Crippen molar-refractivity contribution in [2.75, 3.05) is 0 Å². The van der Waals surface area contributed by atoms with Crippen LogP contribution >= 0.6 is 0 Å². The topological polar surface area (TPSA) is 52.6 Å². The summed E-state index contributed by atoms with van der Waals surface area (Å²) in [6, 6.07) is 30.5. The maximum atomic E-state index is 14.0. The van der Waals surface area contributed by atoms with Crippen molar-refractivity contribution in [3.63, 3.8) is 0 Å². The molecule has 0 aromatic heterocycles. The van der Waals surface area contributed by atoms with Gasteiger partial charge < -0.3 is 9.47 Å². The van der Waals surface area contributed by atoms with E-state index < -0.39 is 0 Å². The van der Waals surface area contributed by atoms with Crippen LogP contribution in [0.5, 0.6) is 11.5 Å². The molecule has 2 atom stereocenters. The van der Waals surface area contributed by atoms with Gasteiger partial charge in [0, 0.05) is 21.5 Å². The Morgan fingerprint density at radius 1 is 0.431 bits per heavy atom. The summed E-state index contributed by atoms with van der Waals surface area (Å²) in [4.78, 5) is 28.0. The van der Waals surface area contributed by atoms with Gasteiger partial charge in [0.15, 0.2) is 0 Å². The van der Waals surface area contributed by atoms with Gasteiger partial charge in [-0.25, -0.2) is 0 Å². The van der Waals surface area contributed by atoms with E-state index in [4.69, 9.17) is 9.47 Å². The number of unbranched alkanes of at least 4 members (excludes halogenated alkanes) is 6. The predicted octanol–water partition coefficient (Wildman–Crippen LogP) is 15.7. The highest BCUT2D eigenvalue weighted by Crippen LogP contribution is 2.50. The van der Waals surface area contributed by atoms with Crippen LogP contribution in [0.15, 0.2) is 84.9 Å². The first kappa shape index (κ1) is 42.9. The highest BCUT2D eigenvalue weighted by atomic mass is 16.5. The van der Waals surface area contributed by atoms with Crippen molar-refractivity contribution < 1.29 is 19.1 Å². The van der Waals surface area contributed by atoms with Gasteiger partial charge in [-0.15, -0.1) is 0 Å². The number of carbonyl (C=O) groups excluding carboxylic acids is 2. The molecule has 0 saturated heterocycles. The van der Waals surface area contributed by atoms with Crippen molar-refractivity contribution in [2.45, 2.75) is 144 Å². The summed E-state index contributed by atoms with van der Waals surface area (Å²) in [5, 5.41) is 7.99. The summed E-state index contributed by atoms with van der Waals surface area (Å²) in [5.74, 6) is 0.698. The molecule has 0 fully saturated rings. The Morgan fingerprint density at radius 2 is 0.793 bits per heavy atom. The van der Waals surface area contributed by atoms with E-state index in [0.29, 0.717) is 11.5 Å². The quantitative estimate of drug-likeness (QED) is 0.0316. The van der Waals surface area contributed by atoms with Gasteiger partial charge in [-0.05, 0) is 95.2 Å². The lowest BCUT2D eigenvalue weighted by Crippen LogP contribution is -2.20. The van der Waals surface area contributed by atoms with Crippen molar-refractivity contribution in [3.8, 4) is 22.6 Å². The van der Waals surface area contributed by atoms with E-state index in [0.717, 1.165) is 144 Å². The SMILES string of the molecule is CCCCCc1ccc2c(OC(=O)C(CC)CCCC)c3ccccc3c(-c3c4ccccc4c(OC(=O)C(CC)CCCC)c4ccc(CCCCC)cc34)c2c1. The Bertz CT molecular complexity index is 2170. The first-order chi connectivity index (χ1) is 28.4. The molecule has 306 valence electrons. The summed E-state index contributed by atoms with van der Waals surface area (Å²) < 4.78 is 13.2. The van der Waals surface area contributed by atoms with Gasteiger partial charge >= 0.3 is 11.9 Å². The van der Waals surface area contributed by atoms with E-state index in [-0.39, 0.29) is 23.8 Å². The number of hydrogen-bond donors (Lipinski definition) is 0. The normalized spacial score (nSPS) is 12.7. The fourth-order valence-electron chi connectivity index (χ4n) is 8.85. The van der Waals surface area contributed by atoms with E-state index >= 15 is 0 Å². The zero-order valence-corrected chi connectivity index (χ0v) is 36.2. The van der Waals surface area contributed by atoms with Crippen molar-refractivity contribution in [2.24, 2.45) is 11.8 Å². The summed E-state index contributed by atoms with van der Waals surface area (Å²) in [5.41, 5.74) is 4.81. The van der Waals surface area contributed by atoms with Gasteiger partial charge in [-0.1, -0.05) is 178 Å². The summed E-state index contributed by atoms with van der Waals surface area (Å²) in [6.45, 7) is 13.0. The van der Waals surface area contributed by atoms with E-state index in [9.17, 15) is 9.59 Å². The third-order valence-corrected chi connectivity index (χ3v) is 12.3.